The van der Waals surface area contributed by atoms with Gasteiger partial charge >= 0.3 is 11.9 Å². The van der Waals surface area contributed by atoms with Crippen LogP contribution >= 0.6 is 0 Å². The maximum absolute atomic E-state index is 11.6. The summed E-state index contributed by atoms with van der Waals surface area (Å²) in [5.74, 6) is -0.477. The summed E-state index contributed by atoms with van der Waals surface area (Å²) in [5.41, 5.74) is 0. The molecule has 0 spiro atoms. The zero-order valence-corrected chi connectivity index (χ0v) is 21.1. The van der Waals surface area contributed by atoms with Gasteiger partial charge in [-0.15, -0.1) is 0 Å². The highest BCUT2D eigenvalue weighted by atomic mass is 16.5. The quantitative estimate of drug-likeness (QED) is 0.0893. The lowest BCUT2D eigenvalue weighted by Crippen LogP contribution is -2.04. The third kappa shape index (κ3) is 24.7. The van der Waals surface area contributed by atoms with E-state index in [4.69, 9.17) is 9.47 Å². The van der Waals surface area contributed by atoms with E-state index in [0.717, 1.165) is 51.4 Å². The molecule has 186 valence electrons. The molecule has 0 rings (SSSR count). The fourth-order valence-corrected chi connectivity index (χ4v) is 3.44. The van der Waals surface area contributed by atoms with Crippen LogP contribution in [0.3, 0.4) is 0 Å². The lowest BCUT2D eigenvalue weighted by atomic mass is 10.1. The third-order valence-corrected chi connectivity index (χ3v) is 5.48. The van der Waals surface area contributed by atoms with Crippen LogP contribution in [0.2, 0.25) is 0 Å². The van der Waals surface area contributed by atoms with Crippen molar-refractivity contribution in [3.8, 4) is 0 Å². The van der Waals surface area contributed by atoms with Gasteiger partial charge in [0.15, 0.2) is 0 Å². The molecule has 0 aromatic rings. The molecular formula is C28H50O4. The Morgan fingerprint density at radius 3 is 1.25 bits per heavy atom. The van der Waals surface area contributed by atoms with E-state index in [0.29, 0.717) is 13.2 Å². The third-order valence-electron chi connectivity index (χ3n) is 5.48. The van der Waals surface area contributed by atoms with Crippen LogP contribution in [0, 0.1) is 0 Å². The number of ether oxygens (including phenoxy) is 2. The van der Waals surface area contributed by atoms with Gasteiger partial charge in [-0.3, -0.25) is 0 Å². The molecule has 0 unspecified atom stereocenters. The highest BCUT2D eigenvalue weighted by Crippen LogP contribution is 2.08. The topological polar surface area (TPSA) is 52.6 Å². The highest BCUT2D eigenvalue weighted by molar-refractivity contribution is 5.82. The first-order valence-corrected chi connectivity index (χ1v) is 13.4. The van der Waals surface area contributed by atoms with Crippen molar-refractivity contribution in [1.82, 2.24) is 0 Å². The standard InChI is InChI=1S/C28H50O4/c1-3-5-7-9-11-13-15-19-23-27(29)31-25-21-17-18-22-26-32-28(30)24-20-16-14-12-10-8-6-4-2/h19-20,23-24H,3-18,21-22,25-26H2,1-2H3. The largest absolute Gasteiger partial charge is 0.463 e. The number of hydrogen-bond donors (Lipinski definition) is 0. The van der Waals surface area contributed by atoms with E-state index in [9.17, 15) is 9.59 Å². The van der Waals surface area contributed by atoms with E-state index < -0.39 is 0 Å². The van der Waals surface area contributed by atoms with Crippen LogP contribution in [0.4, 0.5) is 0 Å². The molecule has 32 heavy (non-hydrogen) atoms. The van der Waals surface area contributed by atoms with Crippen LogP contribution in [0.25, 0.3) is 0 Å². The van der Waals surface area contributed by atoms with Crippen molar-refractivity contribution in [2.75, 3.05) is 13.2 Å². The molecule has 0 N–H and O–H groups in total. The van der Waals surface area contributed by atoms with Crippen molar-refractivity contribution in [3.05, 3.63) is 24.3 Å². The molecule has 0 aliphatic heterocycles. The summed E-state index contributed by atoms with van der Waals surface area (Å²) in [6.45, 7) is 5.37. The number of carbonyl (C=O) groups is 2. The van der Waals surface area contributed by atoms with Gasteiger partial charge < -0.3 is 9.47 Å². The minimum atomic E-state index is -0.238. The van der Waals surface area contributed by atoms with Gasteiger partial charge in [0.05, 0.1) is 13.2 Å². The first-order chi connectivity index (χ1) is 15.7. The summed E-state index contributed by atoms with van der Waals surface area (Å²) in [7, 11) is 0. The Labute approximate surface area is 198 Å². The van der Waals surface area contributed by atoms with Gasteiger partial charge in [-0.25, -0.2) is 9.59 Å². The van der Waals surface area contributed by atoms with Crippen LogP contribution in [-0.4, -0.2) is 25.2 Å². The lowest BCUT2D eigenvalue weighted by Gasteiger charge is -2.03. The number of carbonyl (C=O) groups excluding carboxylic acids is 2. The van der Waals surface area contributed by atoms with E-state index >= 15 is 0 Å². The zero-order valence-electron chi connectivity index (χ0n) is 21.1. The van der Waals surface area contributed by atoms with Crippen molar-refractivity contribution in [3.63, 3.8) is 0 Å². The van der Waals surface area contributed by atoms with Gasteiger partial charge in [0.25, 0.3) is 0 Å². The zero-order chi connectivity index (χ0) is 23.5. The smallest absolute Gasteiger partial charge is 0.330 e. The van der Waals surface area contributed by atoms with Gasteiger partial charge in [0, 0.05) is 12.2 Å². The molecule has 0 saturated heterocycles. The van der Waals surface area contributed by atoms with Crippen molar-refractivity contribution in [1.29, 1.82) is 0 Å². The molecule has 0 fully saturated rings. The molecule has 0 heterocycles. The molecule has 0 amide bonds. The minimum Gasteiger partial charge on any atom is -0.463 e. The van der Waals surface area contributed by atoms with Crippen LogP contribution in [0.15, 0.2) is 24.3 Å². The summed E-state index contributed by atoms with van der Waals surface area (Å²) in [6.07, 6.45) is 27.7. The second-order valence-electron chi connectivity index (χ2n) is 8.67. The lowest BCUT2D eigenvalue weighted by molar-refractivity contribution is -0.139. The Balaban J connectivity index is 3.39. The van der Waals surface area contributed by atoms with Crippen LogP contribution in [0.1, 0.15) is 129 Å². The van der Waals surface area contributed by atoms with Crippen LogP contribution in [0.5, 0.6) is 0 Å². The highest BCUT2D eigenvalue weighted by Gasteiger charge is 1.99. The number of esters is 2. The van der Waals surface area contributed by atoms with Crippen molar-refractivity contribution < 1.29 is 19.1 Å². The molecule has 0 aromatic carbocycles. The Bertz CT molecular complexity index is 438. The fourth-order valence-electron chi connectivity index (χ4n) is 3.44. The van der Waals surface area contributed by atoms with Crippen molar-refractivity contribution >= 4 is 11.9 Å². The summed E-state index contributed by atoms with van der Waals surface area (Å²) in [4.78, 5) is 23.3. The van der Waals surface area contributed by atoms with Gasteiger partial charge in [-0.1, -0.05) is 90.2 Å². The van der Waals surface area contributed by atoms with Crippen LogP contribution in [-0.2, 0) is 19.1 Å². The predicted molar refractivity (Wildman–Crippen MR) is 135 cm³/mol. The summed E-state index contributed by atoms with van der Waals surface area (Å²) in [6, 6.07) is 0. The summed E-state index contributed by atoms with van der Waals surface area (Å²) >= 11 is 0. The molecule has 0 bridgehead atoms. The van der Waals surface area contributed by atoms with Gasteiger partial charge in [-0.2, -0.15) is 0 Å². The van der Waals surface area contributed by atoms with Crippen molar-refractivity contribution in [2.45, 2.75) is 129 Å². The maximum atomic E-state index is 11.6. The predicted octanol–water partition coefficient (Wildman–Crippen LogP) is 8.25. The first-order valence-electron chi connectivity index (χ1n) is 13.4. The average molecular weight is 451 g/mol. The monoisotopic (exact) mass is 450 g/mol. The molecule has 0 aromatic heterocycles. The van der Waals surface area contributed by atoms with E-state index in [2.05, 4.69) is 13.8 Å². The number of hydrogen-bond acceptors (Lipinski definition) is 4. The molecule has 0 aliphatic carbocycles. The van der Waals surface area contributed by atoms with E-state index in [-0.39, 0.29) is 11.9 Å². The SMILES string of the molecule is CCCCCCCCC=CC(=O)OCCCCCCOC(=O)C=CCCCCCCCC. The van der Waals surface area contributed by atoms with E-state index in [1.807, 2.05) is 12.2 Å². The minimum absolute atomic E-state index is 0.238. The molecule has 0 radical (unpaired) electrons. The van der Waals surface area contributed by atoms with Gasteiger partial charge in [-0.05, 0) is 51.4 Å². The van der Waals surface area contributed by atoms with Crippen molar-refractivity contribution in [2.24, 2.45) is 0 Å². The molecule has 0 atom stereocenters. The first kappa shape index (κ1) is 30.4. The summed E-state index contributed by atoms with van der Waals surface area (Å²) < 4.78 is 10.4. The Morgan fingerprint density at radius 1 is 0.500 bits per heavy atom. The van der Waals surface area contributed by atoms with Gasteiger partial charge in [0.1, 0.15) is 0 Å². The number of unbranched alkanes of at least 4 members (excludes halogenated alkanes) is 15. The molecule has 4 heteroatoms. The number of allylic oxidation sites excluding steroid dienone is 2. The Hall–Kier alpha value is -1.58. The van der Waals surface area contributed by atoms with Crippen LogP contribution < -0.4 is 0 Å². The maximum Gasteiger partial charge on any atom is 0.330 e. The molecule has 0 aliphatic rings. The second-order valence-corrected chi connectivity index (χ2v) is 8.67. The average Bonchev–Trinajstić information content (AvgIpc) is 2.79. The Kier molecular flexibility index (Phi) is 24.4. The van der Waals surface area contributed by atoms with E-state index in [1.54, 1.807) is 12.2 Å². The normalized spacial score (nSPS) is 11.4. The van der Waals surface area contributed by atoms with Gasteiger partial charge in [0.2, 0.25) is 0 Å². The molecule has 4 nitrogen and oxygen atoms in total. The van der Waals surface area contributed by atoms with E-state index in [1.165, 1.54) is 64.2 Å². The summed E-state index contributed by atoms with van der Waals surface area (Å²) in [5, 5.41) is 0. The number of rotatable bonds is 23. The Morgan fingerprint density at radius 2 is 0.844 bits per heavy atom. The fraction of sp³-hybridized carbons (Fsp3) is 0.786. The molecular weight excluding hydrogens is 400 g/mol. The molecule has 0 saturated carbocycles. The second kappa shape index (κ2) is 25.7.